The lowest BCUT2D eigenvalue weighted by atomic mass is 10.1. The molecule has 0 saturated carbocycles. The molecule has 0 aromatic rings. The van der Waals surface area contributed by atoms with E-state index < -0.39 is 11.5 Å². The van der Waals surface area contributed by atoms with Crippen LogP contribution in [0.3, 0.4) is 0 Å². The van der Waals surface area contributed by atoms with Crippen molar-refractivity contribution in [3.8, 4) is 0 Å². The second kappa shape index (κ2) is 6.72. The third kappa shape index (κ3) is 3.67. The van der Waals surface area contributed by atoms with Crippen molar-refractivity contribution in [3.05, 3.63) is 24.5 Å². The lowest BCUT2D eigenvalue weighted by Gasteiger charge is -2.20. The van der Waals surface area contributed by atoms with Crippen molar-refractivity contribution in [1.82, 2.24) is 0 Å². The van der Waals surface area contributed by atoms with Gasteiger partial charge >= 0.3 is 5.97 Å². The van der Waals surface area contributed by atoms with Crippen molar-refractivity contribution < 1.29 is 14.1 Å². The number of rotatable bonds is 6. The zero-order valence-corrected chi connectivity index (χ0v) is 12.4. The topological polar surface area (TPSA) is 43.4 Å². The Balaban J connectivity index is 2.83. The van der Waals surface area contributed by atoms with Crippen molar-refractivity contribution >= 4 is 34.3 Å². The maximum atomic E-state index is 12.5. The van der Waals surface area contributed by atoms with E-state index in [9.17, 15) is 9.36 Å². The predicted octanol–water partition coefficient (Wildman–Crippen LogP) is 3.93. The second-order valence-corrected chi connectivity index (χ2v) is 11.7. The van der Waals surface area contributed by atoms with Crippen LogP contribution in [0.5, 0.6) is 0 Å². The summed E-state index contributed by atoms with van der Waals surface area (Å²) in [5.74, 6) is 0.840. The largest absolute Gasteiger partial charge is 0.466 e. The van der Waals surface area contributed by atoms with Gasteiger partial charge in [-0.05, 0) is 13.3 Å². The summed E-state index contributed by atoms with van der Waals surface area (Å²) in [7, 11) is 0. The first-order chi connectivity index (χ1) is 8.05. The maximum absolute atomic E-state index is 12.5. The standard InChI is InChI=1S/C11H17O3PS2/c1-4-6-10(11(12)14-5-2)9(3)15(13)16-7-8-17-15/h4,10H,1,3,5-8H2,2H3. The molecule has 0 N–H and O–H groups in total. The Bertz CT molecular complexity index is 358. The van der Waals surface area contributed by atoms with Crippen molar-refractivity contribution in [1.29, 1.82) is 0 Å². The molecular weight excluding hydrogens is 275 g/mol. The molecule has 1 unspecified atom stereocenters. The summed E-state index contributed by atoms with van der Waals surface area (Å²) >= 11 is 2.84. The molecule has 1 fully saturated rings. The summed E-state index contributed by atoms with van der Waals surface area (Å²) in [6.07, 6.45) is 2.08. The fourth-order valence-corrected chi connectivity index (χ4v) is 10.3. The van der Waals surface area contributed by atoms with Crippen LogP contribution in [0.2, 0.25) is 0 Å². The summed E-state index contributed by atoms with van der Waals surface area (Å²) in [5, 5.41) is 0.517. The summed E-state index contributed by atoms with van der Waals surface area (Å²) in [6.45, 7) is 9.58. The predicted molar refractivity (Wildman–Crippen MR) is 76.6 cm³/mol. The van der Waals surface area contributed by atoms with Gasteiger partial charge in [-0.15, -0.1) is 6.58 Å². The smallest absolute Gasteiger partial charge is 0.313 e. The van der Waals surface area contributed by atoms with Gasteiger partial charge in [0.25, 0.3) is 0 Å². The lowest BCUT2D eigenvalue weighted by molar-refractivity contribution is -0.146. The van der Waals surface area contributed by atoms with Gasteiger partial charge < -0.3 is 4.74 Å². The van der Waals surface area contributed by atoms with Crippen molar-refractivity contribution in [2.45, 2.75) is 13.3 Å². The van der Waals surface area contributed by atoms with Gasteiger partial charge in [-0.2, -0.15) is 0 Å². The van der Waals surface area contributed by atoms with E-state index in [0.717, 1.165) is 11.5 Å². The fourth-order valence-electron chi connectivity index (χ4n) is 1.49. The van der Waals surface area contributed by atoms with E-state index in [4.69, 9.17) is 4.74 Å². The number of hydrogen-bond acceptors (Lipinski definition) is 5. The highest BCUT2D eigenvalue weighted by molar-refractivity contribution is 8.93. The highest BCUT2D eigenvalue weighted by Gasteiger charge is 2.38. The molecule has 1 atom stereocenters. The van der Waals surface area contributed by atoms with Crippen LogP contribution in [0.15, 0.2) is 24.5 Å². The zero-order valence-electron chi connectivity index (χ0n) is 9.89. The van der Waals surface area contributed by atoms with E-state index in [2.05, 4.69) is 13.2 Å². The summed E-state index contributed by atoms with van der Waals surface area (Å²) < 4.78 is 17.5. The first-order valence-electron chi connectivity index (χ1n) is 5.41. The third-order valence-electron chi connectivity index (χ3n) is 2.33. The van der Waals surface area contributed by atoms with E-state index in [0.29, 0.717) is 18.3 Å². The zero-order chi connectivity index (χ0) is 12.9. The Morgan fingerprint density at radius 2 is 2.12 bits per heavy atom. The quantitative estimate of drug-likeness (QED) is 0.421. The SMILES string of the molecule is C=CCC(C(=C)P1(=O)SCCS1)C(=O)OCC. The van der Waals surface area contributed by atoms with Crippen LogP contribution in [-0.2, 0) is 14.1 Å². The van der Waals surface area contributed by atoms with Gasteiger partial charge in [0.2, 0.25) is 5.55 Å². The van der Waals surface area contributed by atoms with Crippen LogP contribution in [0.25, 0.3) is 0 Å². The molecule has 0 amide bonds. The molecule has 1 rings (SSSR count). The van der Waals surface area contributed by atoms with Gasteiger partial charge in [-0.25, -0.2) is 0 Å². The first kappa shape index (κ1) is 14.9. The number of esters is 1. The monoisotopic (exact) mass is 292 g/mol. The highest BCUT2D eigenvalue weighted by Crippen LogP contribution is 2.79. The Morgan fingerprint density at radius 1 is 1.53 bits per heavy atom. The number of carbonyl (C=O) groups excluding carboxylic acids is 1. The fraction of sp³-hybridized carbons (Fsp3) is 0.545. The highest BCUT2D eigenvalue weighted by atomic mass is 33.1. The Kier molecular flexibility index (Phi) is 5.90. The van der Waals surface area contributed by atoms with Crippen LogP contribution in [0.1, 0.15) is 13.3 Å². The van der Waals surface area contributed by atoms with Crippen LogP contribution < -0.4 is 0 Å². The first-order valence-corrected chi connectivity index (χ1v) is 10.3. The molecular formula is C11H17O3PS2. The van der Waals surface area contributed by atoms with E-state index in [-0.39, 0.29) is 5.97 Å². The number of hydrogen-bond donors (Lipinski definition) is 0. The molecule has 1 aliphatic heterocycles. The van der Waals surface area contributed by atoms with Crippen LogP contribution in [-0.4, -0.2) is 24.1 Å². The Hall–Kier alpha value is -0.120. The average Bonchev–Trinajstić information content (AvgIpc) is 2.73. The molecule has 0 spiro atoms. The minimum Gasteiger partial charge on any atom is -0.466 e. The van der Waals surface area contributed by atoms with Crippen LogP contribution >= 0.6 is 28.3 Å². The molecule has 0 aromatic carbocycles. The van der Waals surface area contributed by atoms with Gasteiger partial charge in [-0.1, -0.05) is 35.4 Å². The van der Waals surface area contributed by atoms with Crippen molar-refractivity contribution in [2.75, 3.05) is 18.1 Å². The molecule has 96 valence electrons. The third-order valence-corrected chi connectivity index (χ3v) is 11.5. The molecule has 6 heteroatoms. The molecule has 1 aliphatic rings. The van der Waals surface area contributed by atoms with Crippen LogP contribution in [0.4, 0.5) is 0 Å². The summed E-state index contributed by atoms with van der Waals surface area (Å²) in [6, 6.07) is 0. The molecule has 17 heavy (non-hydrogen) atoms. The van der Waals surface area contributed by atoms with Crippen molar-refractivity contribution in [3.63, 3.8) is 0 Å². The number of carbonyl (C=O) groups is 1. The molecule has 0 bridgehead atoms. The molecule has 1 heterocycles. The molecule has 1 saturated heterocycles. The Morgan fingerprint density at radius 3 is 2.59 bits per heavy atom. The van der Waals surface area contributed by atoms with Gasteiger partial charge in [-0.3, -0.25) is 9.36 Å². The lowest BCUT2D eigenvalue weighted by Crippen LogP contribution is -2.18. The summed E-state index contributed by atoms with van der Waals surface area (Å²) in [5.41, 5.74) is -2.53. The number of allylic oxidation sites excluding steroid dienone is 1. The Labute approximate surface area is 110 Å². The van der Waals surface area contributed by atoms with Crippen LogP contribution in [0, 0.1) is 5.92 Å². The van der Waals surface area contributed by atoms with E-state index in [1.165, 1.54) is 22.8 Å². The molecule has 3 nitrogen and oxygen atoms in total. The van der Waals surface area contributed by atoms with E-state index in [1.54, 1.807) is 13.0 Å². The maximum Gasteiger partial charge on any atom is 0.313 e. The van der Waals surface area contributed by atoms with E-state index >= 15 is 0 Å². The molecule has 0 radical (unpaired) electrons. The minimum absolute atomic E-state index is 0.324. The average molecular weight is 292 g/mol. The number of ether oxygens (including phenoxy) is 1. The minimum atomic E-state index is -2.53. The van der Waals surface area contributed by atoms with E-state index in [1.807, 2.05) is 0 Å². The van der Waals surface area contributed by atoms with Gasteiger partial charge in [0, 0.05) is 16.8 Å². The molecule has 0 aliphatic carbocycles. The van der Waals surface area contributed by atoms with Gasteiger partial charge in [0.1, 0.15) is 0 Å². The molecule has 0 aromatic heterocycles. The van der Waals surface area contributed by atoms with Gasteiger partial charge in [0.15, 0.2) is 0 Å². The van der Waals surface area contributed by atoms with Gasteiger partial charge in [0.05, 0.1) is 12.5 Å². The van der Waals surface area contributed by atoms with Crippen molar-refractivity contribution in [2.24, 2.45) is 5.92 Å². The summed E-state index contributed by atoms with van der Waals surface area (Å²) in [4.78, 5) is 11.8. The normalized spacial score (nSPS) is 19.6. The second-order valence-electron chi connectivity index (χ2n) is 3.48.